The summed E-state index contributed by atoms with van der Waals surface area (Å²) in [6.45, 7) is 10.1. The molecule has 0 aromatic heterocycles. The second-order valence-electron chi connectivity index (χ2n) is 5.80. The van der Waals surface area contributed by atoms with E-state index in [0.29, 0.717) is 11.5 Å². The smallest absolute Gasteiger partial charge is 0.0618 e. The second kappa shape index (κ2) is 4.42. The van der Waals surface area contributed by atoms with Crippen molar-refractivity contribution in [3.63, 3.8) is 0 Å². The summed E-state index contributed by atoms with van der Waals surface area (Å²) in [6.07, 6.45) is 4.59. The molecule has 1 aliphatic heterocycles. The molecule has 2 unspecified atom stereocenters. The lowest BCUT2D eigenvalue weighted by atomic mass is 9.76. The van der Waals surface area contributed by atoms with Gasteiger partial charge in [-0.15, -0.1) is 0 Å². The normalized spacial score (nSPS) is 36.4. The summed E-state index contributed by atoms with van der Waals surface area (Å²) in [6, 6.07) is 0. The van der Waals surface area contributed by atoms with Crippen LogP contribution in [0.15, 0.2) is 0 Å². The third-order valence-electron chi connectivity index (χ3n) is 4.14. The summed E-state index contributed by atoms with van der Waals surface area (Å²) in [7, 11) is 0. The molecule has 1 aliphatic carbocycles. The van der Waals surface area contributed by atoms with Gasteiger partial charge in [0.1, 0.15) is 0 Å². The SMILES string of the molecule is CC(C)CNCC1(C2CC2)CCOC1C. The average molecular weight is 211 g/mol. The molecule has 0 bridgehead atoms. The fourth-order valence-corrected chi connectivity index (χ4v) is 2.96. The van der Waals surface area contributed by atoms with E-state index in [1.54, 1.807) is 0 Å². The molecule has 0 aromatic carbocycles. The minimum atomic E-state index is 0.463. The van der Waals surface area contributed by atoms with Gasteiger partial charge in [0.25, 0.3) is 0 Å². The molecular formula is C13H25NO. The zero-order valence-electron chi connectivity index (χ0n) is 10.4. The first-order chi connectivity index (χ1) is 7.15. The van der Waals surface area contributed by atoms with Gasteiger partial charge in [0.05, 0.1) is 6.10 Å². The van der Waals surface area contributed by atoms with Gasteiger partial charge in [-0.25, -0.2) is 0 Å². The molecule has 0 amide bonds. The molecule has 0 aromatic rings. The number of nitrogens with one attached hydrogen (secondary N) is 1. The molecule has 1 saturated carbocycles. The largest absolute Gasteiger partial charge is 0.378 e. The van der Waals surface area contributed by atoms with E-state index in [4.69, 9.17) is 4.74 Å². The Kier molecular flexibility index (Phi) is 3.36. The molecule has 1 heterocycles. The van der Waals surface area contributed by atoms with Crippen LogP contribution in [0.2, 0.25) is 0 Å². The topological polar surface area (TPSA) is 21.3 Å². The summed E-state index contributed by atoms with van der Waals surface area (Å²) in [5.41, 5.74) is 0.467. The van der Waals surface area contributed by atoms with Crippen LogP contribution in [0.1, 0.15) is 40.0 Å². The van der Waals surface area contributed by atoms with Crippen LogP contribution in [0.4, 0.5) is 0 Å². The molecule has 2 heteroatoms. The summed E-state index contributed by atoms with van der Waals surface area (Å²) in [5, 5.41) is 3.64. The van der Waals surface area contributed by atoms with Crippen LogP contribution in [0, 0.1) is 17.3 Å². The van der Waals surface area contributed by atoms with Crippen LogP contribution in [0.5, 0.6) is 0 Å². The van der Waals surface area contributed by atoms with Crippen LogP contribution in [-0.4, -0.2) is 25.8 Å². The first-order valence-electron chi connectivity index (χ1n) is 6.47. The van der Waals surface area contributed by atoms with Crippen molar-refractivity contribution in [1.82, 2.24) is 5.32 Å². The van der Waals surface area contributed by atoms with E-state index < -0.39 is 0 Å². The molecule has 1 saturated heterocycles. The van der Waals surface area contributed by atoms with Gasteiger partial charge in [-0.3, -0.25) is 0 Å². The number of ether oxygens (including phenoxy) is 1. The Morgan fingerprint density at radius 1 is 1.40 bits per heavy atom. The van der Waals surface area contributed by atoms with Gasteiger partial charge >= 0.3 is 0 Å². The van der Waals surface area contributed by atoms with Gasteiger partial charge in [0.2, 0.25) is 0 Å². The van der Waals surface area contributed by atoms with Crippen molar-refractivity contribution in [3.05, 3.63) is 0 Å². The lowest BCUT2D eigenvalue weighted by Gasteiger charge is -2.33. The van der Waals surface area contributed by atoms with Crippen molar-refractivity contribution in [3.8, 4) is 0 Å². The Morgan fingerprint density at radius 2 is 2.13 bits per heavy atom. The molecule has 2 atom stereocenters. The molecule has 0 spiro atoms. The molecule has 2 rings (SSSR count). The van der Waals surface area contributed by atoms with Gasteiger partial charge in [-0.1, -0.05) is 13.8 Å². The number of rotatable bonds is 5. The Bertz CT molecular complexity index is 213. The van der Waals surface area contributed by atoms with Gasteiger partial charge in [-0.05, 0) is 44.6 Å². The Hall–Kier alpha value is -0.0800. The van der Waals surface area contributed by atoms with Crippen LogP contribution in [0.3, 0.4) is 0 Å². The first-order valence-corrected chi connectivity index (χ1v) is 6.47. The monoisotopic (exact) mass is 211 g/mol. The van der Waals surface area contributed by atoms with Crippen molar-refractivity contribution in [2.24, 2.45) is 17.3 Å². The van der Waals surface area contributed by atoms with Gasteiger partial charge in [0.15, 0.2) is 0 Å². The van der Waals surface area contributed by atoms with Gasteiger partial charge in [-0.2, -0.15) is 0 Å². The summed E-state index contributed by atoms with van der Waals surface area (Å²) in [4.78, 5) is 0. The van der Waals surface area contributed by atoms with E-state index in [2.05, 4.69) is 26.1 Å². The standard InChI is InChI=1S/C13H25NO/c1-10(2)8-14-9-13(12-4-5-12)6-7-15-11(13)3/h10-12,14H,4-9H2,1-3H3. The maximum Gasteiger partial charge on any atom is 0.0618 e. The van der Waals surface area contributed by atoms with Crippen LogP contribution >= 0.6 is 0 Å². The Labute approximate surface area is 93.8 Å². The van der Waals surface area contributed by atoms with E-state index in [1.807, 2.05) is 0 Å². The second-order valence-corrected chi connectivity index (χ2v) is 5.80. The summed E-state index contributed by atoms with van der Waals surface area (Å²) >= 11 is 0. The summed E-state index contributed by atoms with van der Waals surface area (Å²) in [5.74, 6) is 1.69. The van der Waals surface area contributed by atoms with Gasteiger partial charge in [0, 0.05) is 18.6 Å². The fourth-order valence-electron chi connectivity index (χ4n) is 2.96. The Balaban J connectivity index is 1.88. The molecule has 2 aliphatic rings. The molecule has 1 N–H and O–H groups in total. The fraction of sp³-hybridized carbons (Fsp3) is 1.00. The zero-order valence-corrected chi connectivity index (χ0v) is 10.4. The van der Waals surface area contributed by atoms with Crippen molar-refractivity contribution in [1.29, 1.82) is 0 Å². The van der Waals surface area contributed by atoms with E-state index in [-0.39, 0.29) is 0 Å². The highest BCUT2D eigenvalue weighted by Gasteiger charge is 2.51. The molecular weight excluding hydrogens is 186 g/mol. The average Bonchev–Trinajstić information content (AvgIpc) is 2.94. The Morgan fingerprint density at radius 3 is 2.60 bits per heavy atom. The third-order valence-corrected chi connectivity index (χ3v) is 4.14. The van der Waals surface area contributed by atoms with Gasteiger partial charge < -0.3 is 10.1 Å². The van der Waals surface area contributed by atoms with Crippen molar-refractivity contribution in [2.75, 3.05) is 19.7 Å². The van der Waals surface area contributed by atoms with Crippen LogP contribution in [-0.2, 0) is 4.74 Å². The quantitative estimate of drug-likeness (QED) is 0.754. The van der Waals surface area contributed by atoms with E-state index >= 15 is 0 Å². The summed E-state index contributed by atoms with van der Waals surface area (Å²) < 4.78 is 5.79. The highest BCUT2D eigenvalue weighted by atomic mass is 16.5. The predicted octanol–water partition coefficient (Wildman–Crippen LogP) is 2.44. The maximum atomic E-state index is 5.79. The predicted molar refractivity (Wildman–Crippen MR) is 62.9 cm³/mol. The molecule has 2 fully saturated rings. The molecule has 0 radical (unpaired) electrons. The van der Waals surface area contributed by atoms with Crippen LogP contribution < -0.4 is 5.32 Å². The highest BCUT2D eigenvalue weighted by Crippen LogP contribution is 2.52. The number of hydrogen-bond acceptors (Lipinski definition) is 2. The third kappa shape index (κ3) is 2.36. The highest BCUT2D eigenvalue weighted by molar-refractivity contribution is 5.01. The molecule has 88 valence electrons. The molecule has 15 heavy (non-hydrogen) atoms. The van der Waals surface area contributed by atoms with E-state index in [9.17, 15) is 0 Å². The van der Waals surface area contributed by atoms with E-state index in [0.717, 1.165) is 31.5 Å². The van der Waals surface area contributed by atoms with E-state index in [1.165, 1.54) is 19.3 Å². The maximum absolute atomic E-state index is 5.79. The zero-order chi connectivity index (χ0) is 10.9. The van der Waals surface area contributed by atoms with Crippen molar-refractivity contribution >= 4 is 0 Å². The lowest BCUT2D eigenvalue weighted by molar-refractivity contribution is 0.0509. The minimum Gasteiger partial charge on any atom is -0.378 e. The van der Waals surface area contributed by atoms with Crippen molar-refractivity contribution in [2.45, 2.75) is 46.1 Å². The van der Waals surface area contributed by atoms with Crippen molar-refractivity contribution < 1.29 is 4.74 Å². The molecule has 2 nitrogen and oxygen atoms in total. The number of hydrogen-bond donors (Lipinski definition) is 1. The minimum absolute atomic E-state index is 0.463. The first kappa shape index (κ1) is 11.4. The van der Waals surface area contributed by atoms with Crippen LogP contribution in [0.25, 0.3) is 0 Å². The lowest BCUT2D eigenvalue weighted by Crippen LogP contribution is -2.42.